The van der Waals surface area contributed by atoms with Gasteiger partial charge in [-0.25, -0.2) is 15.0 Å². The lowest BCUT2D eigenvalue weighted by Gasteiger charge is -2.10. The molecule has 0 aliphatic rings. The van der Waals surface area contributed by atoms with Gasteiger partial charge in [0.1, 0.15) is 5.82 Å². The number of alkyl halides is 3. The van der Waals surface area contributed by atoms with Crippen molar-refractivity contribution in [2.45, 2.75) is 26.4 Å². The average molecular weight is 452 g/mol. The molecule has 0 amide bonds. The van der Waals surface area contributed by atoms with Crippen LogP contribution in [-0.4, -0.2) is 24.3 Å². The summed E-state index contributed by atoms with van der Waals surface area (Å²) >= 11 is 2.91. The van der Waals surface area contributed by atoms with E-state index in [-0.39, 0.29) is 21.8 Å². The van der Waals surface area contributed by atoms with Crippen molar-refractivity contribution < 1.29 is 13.2 Å². The van der Waals surface area contributed by atoms with Gasteiger partial charge in [0.15, 0.2) is 0 Å². The van der Waals surface area contributed by atoms with Crippen LogP contribution >= 0.6 is 15.9 Å². The van der Waals surface area contributed by atoms with Crippen molar-refractivity contribution in [2.75, 3.05) is 0 Å². The Bertz CT molecular complexity index is 1250. The maximum Gasteiger partial charge on any atom is 0.417 e. The number of aryl methyl sites for hydroxylation is 2. The number of hydrogen-bond acceptors (Lipinski definition) is 4. The average Bonchev–Trinajstić information content (AvgIpc) is 2.94. The van der Waals surface area contributed by atoms with Crippen molar-refractivity contribution in [3.8, 4) is 0 Å². The van der Waals surface area contributed by atoms with Crippen molar-refractivity contribution in [1.82, 2.24) is 24.3 Å². The maximum absolute atomic E-state index is 13.1. The van der Waals surface area contributed by atoms with Crippen LogP contribution in [0.3, 0.4) is 0 Å². The number of hydrogen-bond donors (Lipinski definition) is 1. The zero-order chi connectivity index (χ0) is 20.2. The number of fused-ring (bicyclic) bond motifs is 2. The monoisotopic (exact) mass is 451 g/mol. The van der Waals surface area contributed by atoms with Gasteiger partial charge in [-0.3, -0.25) is 9.20 Å². The van der Waals surface area contributed by atoms with E-state index in [0.717, 1.165) is 17.3 Å². The van der Waals surface area contributed by atoms with Crippen molar-refractivity contribution in [3.63, 3.8) is 0 Å². The summed E-state index contributed by atoms with van der Waals surface area (Å²) in [5, 5.41) is -0.123. The molecule has 28 heavy (non-hydrogen) atoms. The third kappa shape index (κ3) is 3.28. The third-order valence-corrected chi connectivity index (χ3v) is 5.09. The van der Waals surface area contributed by atoms with E-state index in [1.54, 1.807) is 10.6 Å². The Morgan fingerprint density at radius 3 is 2.61 bits per heavy atom. The first-order valence-corrected chi connectivity index (χ1v) is 9.02. The Morgan fingerprint density at radius 1 is 1.14 bits per heavy atom. The highest BCUT2D eigenvalue weighted by Crippen LogP contribution is 2.36. The number of benzene rings is 1. The summed E-state index contributed by atoms with van der Waals surface area (Å²) < 4.78 is 40.8. The molecule has 3 heterocycles. The Kier molecular flexibility index (Phi) is 4.25. The van der Waals surface area contributed by atoms with E-state index in [1.807, 2.05) is 20.0 Å². The first-order chi connectivity index (χ1) is 13.1. The molecule has 0 spiro atoms. The Morgan fingerprint density at radius 2 is 1.89 bits per heavy atom. The molecule has 1 N–H and O–H groups in total. The van der Waals surface area contributed by atoms with E-state index in [0.29, 0.717) is 17.3 Å². The quantitative estimate of drug-likeness (QED) is 0.500. The van der Waals surface area contributed by atoms with Gasteiger partial charge in [-0.1, -0.05) is 15.9 Å². The molecule has 6 nitrogen and oxygen atoms in total. The molecular formula is C18H13BrF3N5O. The first kappa shape index (κ1) is 18.6. The predicted molar refractivity (Wildman–Crippen MR) is 100 cm³/mol. The fourth-order valence-electron chi connectivity index (χ4n) is 2.92. The lowest BCUT2D eigenvalue weighted by molar-refractivity contribution is -0.138. The number of imidazole rings is 1. The zero-order valence-electron chi connectivity index (χ0n) is 14.7. The fourth-order valence-corrected chi connectivity index (χ4v) is 3.47. The second-order valence-corrected chi connectivity index (χ2v) is 7.34. The summed E-state index contributed by atoms with van der Waals surface area (Å²) in [5.74, 6) is 0.833. The summed E-state index contributed by atoms with van der Waals surface area (Å²) in [6.07, 6.45) is -0.675. The van der Waals surface area contributed by atoms with Crippen LogP contribution in [0.4, 0.5) is 13.2 Å². The number of H-pyrrole nitrogens is 1. The summed E-state index contributed by atoms with van der Waals surface area (Å²) in [4.78, 5) is 28.0. The fraction of sp³-hybridized carbons (Fsp3) is 0.222. The normalized spacial score (nSPS) is 12.2. The van der Waals surface area contributed by atoms with Crippen LogP contribution in [0.25, 0.3) is 16.7 Å². The second-order valence-electron chi connectivity index (χ2n) is 6.49. The van der Waals surface area contributed by atoms with E-state index >= 15 is 0 Å². The number of nitrogens with zero attached hydrogens (tertiary/aromatic N) is 4. The highest BCUT2D eigenvalue weighted by atomic mass is 79.9. The van der Waals surface area contributed by atoms with Crippen molar-refractivity contribution >= 4 is 32.6 Å². The number of halogens is 4. The van der Waals surface area contributed by atoms with E-state index in [2.05, 4.69) is 35.9 Å². The highest BCUT2D eigenvalue weighted by molar-refractivity contribution is 9.10. The molecule has 3 aromatic heterocycles. The smallest absolute Gasteiger partial charge is 0.310 e. The van der Waals surface area contributed by atoms with E-state index in [9.17, 15) is 18.0 Å². The van der Waals surface area contributed by atoms with Crippen molar-refractivity contribution in [2.24, 2.45) is 0 Å². The molecule has 0 saturated heterocycles. The third-order valence-electron chi connectivity index (χ3n) is 4.43. The summed E-state index contributed by atoms with van der Waals surface area (Å²) in [5.41, 5.74) is 1.13. The van der Waals surface area contributed by atoms with Gasteiger partial charge in [0.2, 0.25) is 5.78 Å². The number of aromatic nitrogens is 5. The largest absolute Gasteiger partial charge is 0.417 e. The number of aromatic amines is 1. The number of nitrogens with one attached hydrogen (secondary N) is 1. The molecule has 0 bridgehead atoms. The second kappa shape index (κ2) is 6.40. The van der Waals surface area contributed by atoms with Gasteiger partial charge in [-0.15, -0.1) is 0 Å². The van der Waals surface area contributed by atoms with Crippen molar-refractivity contribution in [3.05, 3.63) is 67.7 Å². The van der Waals surface area contributed by atoms with Crippen LogP contribution < -0.4 is 5.56 Å². The van der Waals surface area contributed by atoms with Gasteiger partial charge in [0, 0.05) is 29.0 Å². The van der Waals surface area contributed by atoms with E-state index in [1.165, 1.54) is 6.07 Å². The molecule has 144 valence electrons. The minimum absolute atomic E-state index is 0.123. The molecule has 0 saturated carbocycles. The van der Waals surface area contributed by atoms with Crippen LogP contribution in [0.15, 0.2) is 33.8 Å². The Labute approximate surface area is 164 Å². The van der Waals surface area contributed by atoms with Crippen LogP contribution in [0, 0.1) is 13.8 Å². The molecular weight excluding hydrogens is 439 g/mol. The van der Waals surface area contributed by atoms with Gasteiger partial charge in [0.25, 0.3) is 5.56 Å². The molecule has 0 aliphatic carbocycles. The van der Waals surface area contributed by atoms with Crippen LogP contribution in [0.1, 0.15) is 28.3 Å². The van der Waals surface area contributed by atoms with Gasteiger partial charge < -0.3 is 4.98 Å². The molecule has 0 atom stereocenters. The van der Waals surface area contributed by atoms with Gasteiger partial charge in [-0.05, 0) is 31.5 Å². The summed E-state index contributed by atoms with van der Waals surface area (Å²) in [6.45, 7) is 3.83. The Balaban J connectivity index is 1.77. The van der Waals surface area contributed by atoms with Crippen molar-refractivity contribution in [1.29, 1.82) is 0 Å². The standard InChI is InChI=1S/C18H13BrF3N5O/c1-8-6-27-7-10(24-17(27)23-9(8)2)3-15-25-14-5-13(19)12(18(20,21)22)4-11(14)16(28)26-15/h4-7H,3H2,1-2H3,(H,25,26,28). The van der Waals surface area contributed by atoms with Gasteiger partial charge in [-0.2, -0.15) is 13.2 Å². The first-order valence-electron chi connectivity index (χ1n) is 8.23. The number of rotatable bonds is 2. The Hall–Kier alpha value is -2.75. The van der Waals surface area contributed by atoms with Gasteiger partial charge >= 0.3 is 6.18 Å². The van der Waals surface area contributed by atoms with Crippen LogP contribution in [0.2, 0.25) is 0 Å². The molecule has 4 aromatic rings. The molecule has 4 rings (SSSR count). The lowest BCUT2D eigenvalue weighted by Crippen LogP contribution is -2.14. The highest BCUT2D eigenvalue weighted by Gasteiger charge is 2.33. The van der Waals surface area contributed by atoms with E-state index < -0.39 is 17.3 Å². The topological polar surface area (TPSA) is 75.9 Å². The predicted octanol–water partition coefficient (Wildman–Crippen LogP) is 3.95. The van der Waals surface area contributed by atoms with E-state index in [4.69, 9.17) is 0 Å². The summed E-state index contributed by atoms with van der Waals surface area (Å²) in [7, 11) is 0. The van der Waals surface area contributed by atoms with Crippen LogP contribution in [-0.2, 0) is 12.6 Å². The molecule has 1 aromatic carbocycles. The molecule has 0 fully saturated rings. The molecule has 0 aliphatic heterocycles. The molecule has 0 radical (unpaired) electrons. The summed E-state index contributed by atoms with van der Waals surface area (Å²) in [6, 6.07) is 2.00. The van der Waals surface area contributed by atoms with Gasteiger partial charge in [0.05, 0.1) is 22.2 Å². The maximum atomic E-state index is 13.1. The minimum Gasteiger partial charge on any atom is -0.310 e. The van der Waals surface area contributed by atoms with Crippen LogP contribution in [0.5, 0.6) is 0 Å². The SMILES string of the molecule is Cc1cn2cc(Cc3nc4cc(Br)c(C(F)(F)F)cc4c(=O)[nH]3)nc2nc1C. The lowest BCUT2D eigenvalue weighted by atomic mass is 10.1. The zero-order valence-corrected chi connectivity index (χ0v) is 16.3. The molecule has 10 heteroatoms. The molecule has 0 unspecified atom stereocenters. The minimum atomic E-state index is -4.57.